The third kappa shape index (κ3) is 2.63. The number of carbonyl (C=O) groups is 1. The van der Waals surface area contributed by atoms with Crippen LogP contribution in [0.3, 0.4) is 0 Å². The van der Waals surface area contributed by atoms with E-state index in [1.54, 1.807) is 37.4 Å². The summed E-state index contributed by atoms with van der Waals surface area (Å²) < 4.78 is 0. The molecule has 0 atom stereocenters. The van der Waals surface area contributed by atoms with Gasteiger partial charge in [-0.3, -0.25) is 9.78 Å². The summed E-state index contributed by atoms with van der Waals surface area (Å²) in [4.78, 5) is 15.6. The number of pyridine rings is 1. The van der Waals surface area contributed by atoms with E-state index in [-0.39, 0.29) is 5.91 Å². The molecular formula is C13H10Cl2N2O. The Morgan fingerprint density at radius 1 is 1.22 bits per heavy atom. The van der Waals surface area contributed by atoms with Gasteiger partial charge in [-0.15, -0.1) is 0 Å². The maximum atomic E-state index is 11.4. The lowest BCUT2D eigenvalue weighted by Gasteiger charge is -2.05. The minimum absolute atomic E-state index is 0.170. The standard InChI is InChI=1S/C13H10Cl2N2O/c1-16-13(18)8-2-5-12(17-7-8)10-4-3-9(14)6-11(10)15/h2-7H,1H3,(H,16,18). The average Bonchev–Trinajstić information content (AvgIpc) is 2.38. The SMILES string of the molecule is CNC(=O)c1ccc(-c2ccc(Cl)cc2Cl)nc1. The van der Waals surface area contributed by atoms with Crippen LogP contribution in [-0.4, -0.2) is 17.9 Å². The summed E-state index contributed by atoms with van der Waals surface area (Å²) in [5, 5.41) is 3.64. The predicted molar refractivity (Wildman–Crippen MR) is 73.1 cm³/mol. The van der Waals surface area contributed by atoms with Gasteiger partial charge in [0.25, 0.3) is 5.91 Å². The number of aromatic nitrogens is 1. The lowest BCUT2D eigenvalue weighted by atomic mass is 10.1. The van der Waals surface area contributed by atoms with Crippen molar-refractivity contribution in [3.05, 3.63) is 52.1 Å². The number of hydrogen-bond acceptors (Lipinski definition) is 2. The fraction of sp³-hybridized carbons (Fsp3) is 0.0769. The Balaban J connectivity index is 2.37. The molecule has 0 spiro atoms. The first-order valence-corrected chi connectivity index (χ1v) is 6.01. The molecule has 1 N–H and O–H groups in total. The van der Waals surface area contributed by atoms with Crippen LogP contribution in [0, 0.1) is 0 Å². The Kier molecular flexibility index (Phi) is 3.84. The first kappa shape index (κ1) is 12.9. The number of nitrogens with one attached hydrogen (secondary N) is 1. The summed E-state index contributed by atoms with van der Waals surface area (Å²) in [6, 6.07) is 8.66. The Labute approximate surface area is 115 Å². The molecule has 18 heavy (non-hydrogen) atoms. The summed E-state index contributed by atoms with van der Waals surface area (Å²) >= 11 is 11.9. The van der Waals surface area contributed by atoms with E-state index >= 15 is 0 Å². The molecule has 92 valence electrons. The molecule has 2 aromatic rings. The molecule has 0 fully saturated rings. The van der Waals surface area contributed by atoms with Gasteiger partial charge in [-0.1, -0.05) is 23.2 Å². The minimum Gasteiger partial charge on any atom is -0.355 e. The third-order valence-corrected chi connectivity index (χ3v) is 3.01. The van der Waals surface area contributed by atoms with Gasteiger partial charge in [-0.2, -0.15) is 0 Å². The van der Waals surface area contributed by atoms with Crippen molar-refractivity contribution in [1.29, 1.82) is 0 Å². The van der Waals surface area contributed by atoms with Crippen LogP contribution in [0.2, 0.25) is 10.0 Å². The van der Waals surface area contributed by atoms with Crippen molar-refractivity contribution in [1.82, 2.24) is 10.3 Å². The van der Waals surface area contributed by atoms with Gasteiger partial charge in [0.2, 0.25) is 0 Å². The van der Waals surface area contributed by atoms with Crippen LogP contribution in [0.25, 0.3) is 11.3 Å². The maximum Gasteiger partial charge on any atom is 0.252 e. The first-order valence-electron chi connectivity index (χ1n) is 5.25. The van der Waals surface area contributed by atoms with E-state index in [4.69, 9.17) is 23.2 Å². The van der Waals surface area contributed by atoms with Gasteiger partial charge in [0.15, 0.2) is 0 Å². The first-order chi connectivity index (χ1) is 8.61. The number of amides is 1. The lowest BCUT2D eigenvalue weighted by molar-refractivity contribution is 0.0963. The molecule has 0 bridgehead atoms. The fourth-order valence-corrected chi connectivity index (χ4v) is 2.03. The number of carbonyl (C=O) groups excluding carboxylic acids is 1. The molecule has 1 aromatic carbocycles. The van der Waals surface area contributed by atoms with E-state index in [0.717, 1.165) is 5.56 Å². The van der Waals surface area contributed by atoms with Gasteiger partial charge in [-0.25, -0.2) is 0 Å². The molecule has 0 aliphatic rings. The molecule has 0 unspecified atom stereocenters. The van der Waals surface area contributed by atoms with E-state index in [1.165, 1.54) is 6.20 Å². The summed E-state index contributed by atoms with van der Waals surface area (Å²) in [5.74, 6) is -0.170. The van der Waals surface area contributed by atoms with Crippen LogP contribution in [0.15, 0.2) is 36.5 Å². The maximum absolute atomic E-state index is 11.4. The van der Waals surface area contributed by atoms with Crippen molar-refractivity contribution >= 4 is 29.1 Å². The zero-order valence-electron chi connectivity index (χ0n) is 9.58. The largest absolute Gasteiger partial charge is 0.355 e. The third-order valence-electron chi connectivity index (χ3n) is 2.46. The summed E-state index contributed by atoms with van der Waals surface area (Å²) in [6.45, 7) is 0. The van der Waals surface area contributed by atoms with E-state index in [9.17, 15) is 4.79 Å². The quantitative estimate of drug-likeness (QED) is 0.916. The van der Waals surface area contributed by atoms with Crippen molar-refractivity contribution in [2.24, 2.45) is 0 Å². The van der Waals surface area contributed by atoms with Gasteiger partial charge in [-0.05, 0) is 30.3 Å². The number of rotatable bonds is 2. The number of benzene rings is 1. The zero-order valence-corrected chi connectivity index (χ0v) is 11.1. The molecule has 0 aliphatic heterocycles. The van der Waals surface area contributed by atoms with Crippen LogP contribution in [0.1, 0.15) is 10.4 Å². The summed E-state index contributed by atoms with van der Waals surface area (Å²) in [6.07, 6.45) is 1.51. The molecule has 1 amide bonds. The second-order valence-electron chi connectivity index (χ2n) is 3.64. The predicted octanol–water partition coefficient (Wildman–Crippen LogP) is 3.42. The molecule has 1 heterocycles. The molecule has 3 nitrogen and oxygen atoms in total. The van der Waals surface area contributed by atoms with Gasteiger partial charge in [0.1, 0.15) is 0 Å². The van der Waals surface area contributed by atoms with Crippen LogP contribution in [-0.2, 0) is 0 Å². The highest BCUT2D eigenvalue weighted by Crippen LogP contribution is 2.28. The second-order valence-corrected chi connectivity index (χ2v) is 4.48. The van der Waals surface area contributed by atoms with Crippen molar-refractivity contribution in [2.75, 3.05) is 7.05 Å². The van der Waals surface area contributed by atoms with Gasteiger partial charge in [0, 0.05) is 23.8 Å². The highest BCUT2D eigenvalue weighted by atomic mass is 35.5. The number of halogens is 2. The van der Waals surface area contributed by atoms with E-state index < -0.39 is 0 Å². The van der Waals surface area contributed by atoms with Gasteiger partial charge in [0.05, 0.1) is 16.3 Å². The molecule has 5 heteroatoms. The van der Waals surface area contributed by atoms with Crippen LogP contribution in [0.5, 0.6) is 0 Å². The monoisotopic (exact) mass is 280 g/mol. The Bertz CT molecular complexity index is 582. The molecule has 1 aromatic heterocycles. The van der Waals surface area contributed by atoms with Gasteiger partial charge >= 0.3 is 0 Å². The minimum atomic E-state index is -0.170. The van der Waals surface area contributed by atoms with Crippen molar-refractivity contribution < 1.29 is 4.79 Å². The Morgan fingerprint density at radius 2 is 2.00 bits per heavy atom. The smallest absolute Gasteiger partial charge is 0.252 e. The van der Waals surface area contributed by atoms with Gasteiger partial charge < -0.3 is 5.32 Å². The normalized spacial score (nSPS) is 10.2. The number of hydrogen-bond donors (Lipinski definition) is 1. The highest BCUT2D eigenvalue weighted by molar-refractivity contribution is 6.36. The second kappa shape index (κ2) is 5.38. The highest BCUT2D eigenvalue weighted by Gasteiger charge is 2.07. The van der Waals surface area contributed by atoms with Crippen molar-refractivity contribution in [3.8, 4) is 11.3 Å². The Morgan fingerprint density at radius 3 is 2.56 bits per heavy atom. The van der Waals surface area contributed by atoms with Crippen molar-refractivity contribution in [2.45, 2.75) is 0 Å². The molecule has 0 aliphatic carbocycles. The molecule has 2 rings (SSSR count). The fourth-order valence-electron chi connectivity index (χ4n) is 1.53. The summed E-state index contributed by atoms with van der Waals surface area (Å²) in [5.41, 5.74) is 1.99. The lowest BCUT2D eigenvalue weighted by Crippen LogP contribution is -2.17. The van der Waals surface area contributed by atoms with E-state index in [0.29, 0.717) is 21.3 Å². The van der Waals surface area contributed by atoms with Crippen LogP contribution in [0.4, 0.5) is 0 Å². The molecule has 0 saturated carbocycles. The molecule has 0 saturated heterocycles. The zero-order chi connectivity index (χ0) is 13.1. The molecule has 0 radical (unpaired) electrons. The topological polar surface area (TPSA) is 42.0 Å². The Hall–Kier alpha value is -1.58. The number of nitrogens with zero attached hydrogens (tertiary/aromatic N) is 1. The van der Waals surface area contributed by atoms with E-state index in [1.807, 2.05) is 0 Å². The van der Waals surface area contributed by atoms with Crippen LogP contribution < -0.4 is 5.32 Å². The van der Waals surface area contributed by atoms with Crippen molar-refractivity contribution in [3.63, 3.8) is 0 Å². The summed E-state index contributed by atoms with van der Waals surface area (Å²) in [7, 11) is 1.58. The van der Waals surface area contributed by atoms with Crippen LogP contribution >= 0.6 is 23.2 Å². The average molecular weight is 281 g/mol. The molecular weight excluding hydrogens is 271 g/mol. The van der Waals surface area contributed by atoms with E-state index in [2.05, 4.69) is 10.3 Å².